The Morgan fingerprint density at radius 1 is 0.722 bits per heavy atom. The Kier molecular flexibility index (Phi) is 7.46. The average molecular weight is 624 g/mol. The molecule has 0 spiro atoms. The van der Waals surface area contributed by atoms with Crippen molar-refractivity contribution in [1.82, 2.24) is 9.13 Å². The number of para-hydroxylation sites is 2. The van der Waals surface area contributed by atoms with Crippen molar-refractivity contribution in [2.24, 2.45) is 0 Å². The molecule has 0 saturated carbocycles. The first-order valence-corrected chi connectivity index (χ1v) is 15.5. The number of benzene rings is 4. The summed E-state index contributed by atoms with van der Waals surface area (Å²) in [6.07, 6.45) is 0. The molecule has 0 aliphatic rings. The highest BCUT2D eigenvalue weighted by Gasteiger charge is 2.33. The molecule has 0 amide bonds. The van der Waals surface area contributed by atoms with Crippen LogP contribution in [0.4, 0.5) is 0 Å². The molecule has 36 heavy (non-hydrogen) atoms. The lowest BCUT2D eigenvalue weighted by atomic mass is 10.3. The van der Waals surface area contributed by atoms with Crippen molar-refractivity contribution in [1.29, 1.82) is 0 Å². The minimum Gasteiger partial charge on any atom is -0.395 e. The van der Waals surface area contributed by atoms with E-state index in [0.29, 0.717) is 6.54 Å². The van der Waals surface area contributed by atoms with Crippen LogP contribution >= 0.6 is 38.7 Å². The molecular weight excluding hydrogens is 595 g/mol. The Bertz CT molecular complexity index is 1560. The van der Waals surface area contributed by atoms with Crippen LogP contribution in [0.2, 0.25) is 0 Å². The predicted octanol–water partition coefficient (Wildman–Crippen LogP) is 7.07. The van der Waals surface area contributed by atoms with Crippen molar-refractivity contribution < 1.29 is 5.11 Å². The number of fused-ring (bicyclic) bond motifs is 1. The van der Waals surface area contributed by atoms with Crippen LogP contribution in [0.5, 0.6) is 0 Å². The van der Waals surface area contributed by atoms with Gasteiger partial charge in [0.05, 0.1) is 17.6 Å². The lowest BCUT2D eigenvalue weighted by Gasteiger charge is -2.31. The van der Waals surface area contributed by atoms with Crippen LogP contribution < -0.4 is 15.9 Å². The van der Waals surface area contributed by atoms with E-state index in [1.165, 1.54) is 26.6 Å². The van der Waals surface area contributed by atoms with E-state index in [0.717, 1.165) is 14.5 Å². The van der Waals surface area contributed by atoms with E-state index in [1.807, 2.05) is 0 Å². The number of nitrogens with zero attached hydrogens (tertiary/aromatic N) is 2. The Balaban J connectivity index is 2.26. The van der Waals surface area contributed by atoms with Gasteiger partial charge < -0.3 is 14.2 Å². The predicted molar refractivity (Wildman–Crippen MR) is 161 cm³/mol. The highest BCUT2D eigenvalue weighted by atomic mass is 79.9. The fourth-order valence-electron chi connectivity index (χ4n) is 5.23. The van der Waals surface area contributed by atoms with Gasteiger partial charge in [-0.1, -0.05) is 84.9 Å². The van der Waals surface area contributed by atoms with Crippen LogP contribution in [0, 0.1) is 5.20 Å². The van der Waals surface area contributed by atoms with Crippen LogP contribution in [0.15, 0.2) is 112 Å². The van der Waals surface area contributed by atoms with Crippen LogP contribution in [-0.4, -0.2) is 20.8 Å². The highest BCUT2D eigenvalue weighted by Crippen LogP contribution is 2.51. The largest absolute Gasteiger partial charge is 0.395 e. The van der Waals surface area contributed by atoms with Gasteiger partial charge in [0.15, 0.2) is 0 Å². The van der Waals surface area contributed by atoms with E-state index in [-0.39, 0.29) is 12.6 Å². The molecule has 1 heterocycles. The second kappa shape index (κ2) is 10.6. The molecule has 0 saturated heterocycles. The maximum Gasteiger partial charge on any atom is 0.121 e. The number of hydrogen-bond acceptors (Lipinski definition) is 1. The van der Waals surface area contributed by atoms with Gasteiger partial charge in [-0.15, -0.1) is 0 Å². The van der Waals surface area contributed by atoms with Crippen molar-refractivity contribution in [3.63, 3.8) is 0 Å². The fraction of sp³-hybridized carbons (Fsp3) is 0.167. The summed E-state index contributed by atoms with van der Waals surface area (Å²) in [5.41, 5.74) is 2.32. The van der Waals surface area contributed by atoms with E-state index < -0.39 is 6.89 Å². The van der Waals surface area contributed by atoms with Gasteiger partial charge >= 0.3 is 0 Å². The zero-order chi connectivity index (χ0) is 25.3. The number of aromatic nitrogens is 2. The average Bonchev–Trinajstić information content (AvgIpc) is 3.23. The van der Waals surface area contributed by atoms with Gasteiger partial charge in [0.2, 0.25) is 0 Å². The highest BCUT2D eigenvalue weighted by molar-refractivity contribution is 9.13. The third-order valence-corrected chi connectivity index (χ3v) is 13.3. The van der Waals surface area contributed by atoms with E-state index in [9.17, 15) is 5.11 Å². The molecule has 0 aliphatic heterocycles. The van der Waals surface area contributed by atoms with Crippen LogP contribution in [-0.2, 0) is 6.54 Å². The molecular formula is C30H29Br2N2OP. The summed E-state index contributed by atoms with van der Waals surface area (Å²) in [6.45, 7) is 2.62. The van der Waals surface area contributed by atoms with E-state index in [2.05, 4.69) is 158 Å². The number of halogens is 2. The van der Waals surface area contributed by atoms with Gasteiger partial charge in [0.1, 0.15) is 5.20 Å². The first kappa shape index (κ1) is 25.4. The van der Waals surface area contributed by atoms with Crippen molar-refractivity contribution in [3.05, 3.63) is 117 Å². The monoisotopic (exact) mass is 622 g/mol. The molecule has 4 aromatic carbocycles. The molecule has 5 aromatic rings. The topological polar surface area (TPSA) is 30.1 Å². The van der Waals surface area contributed by atoms with Gasteiger partial charge in [0.25, 0.3) is 0 Å². The quantitative estimate of drug-likeness (QED) is 0.202. The summed E-state index contributed by atoms with van der Waals surface area (Å²) < 4.78 is 6.93. The summed E-state index contributed by atoms with van der Waals surface area (Å²) in [7, 11) is 0. The zero-order valence-corrected chi connectivity index (χ0v) is 24.4. The molecule has 0 atom stereocenters. The van der Waals surface area contributed by atoms with E-state index in [4.69, 9.17) is 0 Å². The molecule has 5 rings (SSSR count). The van der Waals surface area contributed by atoms with Crippen LogP contribution in [0.1, 0.15) is 19.9 Å². The number of imidazole rings is 1. The zero-order valence-electron chi connectivity index (χ0n) is 20.4. The van der Waals surface area contributed by atoms with Gasteiger partial charge in [0, 0.05) is 33.7 Å². The molecule has 3 nitrogen and oxygen atoms in total. The summed E-state index contributed by atoms with van der Waals surface area (Å²) in [4.78, 5) is 0. The van der Waals surface area contributed by atoms with Gasteiger partial charge in [-0.05, 0) is 74.5 Å². The first-order valence-electron chi connectivity index (χ1n) is 12.1. The summed E-state index contributed by atoms with van der Waals surface area (Å²) in [5, 5.41) is 15.3. The van der Waals surface area contributed by atoms with Crippen molar-refractivity contribution in [3.8, 4) is 0 Å². The maximum absolute atomic E-state index is 10.3. The Morgan fingerprint density at radius 3 is 1.83 bits per heavy atom. The van der Waals surface area contributed by atoms with Crippen molar-refractivity contribution in [2.75, 3.05) is 6.61 Å². The van der Waals surface area contributed by atoms with E-state index in [1.54, 1.807) is 0 Å². The molecule has 1 aromatic heterocycles. The molecule has 0 radical (unpaired) electrons. The van der Waals surface area contributed by atoms with Crippen LogP contribution in [0.25, 0.3) is 11.0 Å². The lowest BCUT2D eigenvalue weighted by molar-refractivity contribution is 0.276. The Morgan fingerprint density at radius 2 is 1.28 bits per heavy atom. The third-order valence-electron chi connectivity index (χ3n) is 6.61. The molecule has 6 heteroatoms. The molecule has 0 bridgehead atoms. The minimum atomic E-state index is -2.46. The molecule has 0 fully saturated rings. The van der Waals surface area contributed by atoms with Crippen LogP contribution in [0.3, 0.4) is 0 Å². The molecule has 0 unspecified atom stereocenters. The fourth-order valence-corrected chi connectivity index (χ4v) is 11.5. The Labute approximate surface area is 229 Å². The van der Waals surface area contributed by atoms with Crippen molar-refractivity contribution in [2.45, 2.75) is 26.4 Å². The molecule has 184 valence electrons. The minimum absolute atomic E-state index is 0.0625. The summed E-state index contributed by atoms with van der Waals surface area (Å²) in [6, 6.07) is 37.0. The summed E-state index contributed by atoms with van der Waals surface area (Å²) >= 11 is 7.79. The number of rotatable bonds is 6. The Hall–Kier alpha value is -2.30. The maximum atomic E-state index is 10.3. The first-order chi connectivity index (χ1) is 17.5. The summed E-state index contributed by atoms with van der Waals surface area (Å²) in [5.74, 6) is 0. The second-order valence-electron chi connectivity index (χ2n) is 9.04. The van der Waals surface area contributed by atoms with E-state index >= 15 is 0 Å². The SMILES string of the molecule is CC(C)n1c(=P(c2ccccc2)(c2ccccc2)c2cccc(Br)c2Br)n(CCO)c2ccccc21. The smallest absolute Gasteiger partial charge is 0.121 e. The number of hydrogen-bond donors (Lipinski definition) is 1. The standard InChI is InChI=1S/C30H29Br2N2OP/c1-22(2)34-27-18-10-9-17-26(27)33(20-21-35)30(34)36(23-12-5-3-6-13-23,24-14-7-4-8-15-24)28-19-11-16-25(31)29(28)32/h3-19,22,35H,20-21H2,1-2H3. The number of aliphatic hydroxyl groups excluding tert-OH is 1. The van der Waals surface area contributed by atoms with Crippen molar-refractivity contribution >= 4 is 65.7 Å². The third kappa shape index (κ3) is 4.07. The number of aliphatic hydroxyl groups is 1. The normalized spacial score (nSPS) is 11.9. The van der Waals surface area contributed by atoms with Gasteiger partial charge in [-0.25, -0.2) is 0 Å². The molecule has 1 N–H and O–H groups in total. The van der Waals surface area contributed by atoms with Gasteiger partial charge in [-0.2, -0.15) is 0 Å². The lowest BCUT2D eigenvalue weighted by Crippen LogP contribution is -2.29. The second-order valence-corrected chi connectivity index (χ2v) is 13.9. The molecule has 0 aliphatic carbocycles. The van der Waals surface area contributed by atoms with Gasteiger partial charge in [-0.3, -0.25) is 0 Å².